The smallest absolute Gasteiger partial charge is 0.300 e. The van der Waals surface area contributed by atoms with E-state index < -0.39 is 17.7 Å². The number of carbonyl (C=O) groups excluding carboxylic acids is 2. The monoisotopic (exact) mass is 510 g/mol. The van der Waals surface area contributed by atoms with Gasteiger partial charge < -0.3 is 19.6 Å². The van der Waals surface area contributed by atoms with Gasteiger partial charge in [0.25, 0.3) is 11.7 Å². The van der Waals surface area contributed by atoms with Crippen LogP contribution in [0.3, 0.4) is 0 Å². The van der Waals surface area contributed by atoms with Crippen molar-refractivity contribution < 1.29 is 24.2 Å². The first-order valence-corrected chi connectivity index (χ1v) is 12.8. The summed E-state index contributed by atoms with van der Waals surface area (Å²) in [6.07, 6.45) is 2.67. The van der Waals surface area contributed by atoms with Crippen molar-refractivity contribution in [2.24, 2.45) is 0 Å². The molecule has 38 heavy (non-hydrogen) atoms. The molecule has 7 heteroatoms. The zero-order chi connectivity index (χ0) is 26.8. The number of carbonyl (C=O) groups is 2. The van der Waals surface area contributed by atoms with Gasteiger partial charge in [0.2, 0.25) is 0 Å². The van der Waals surface area contributed by atoms with Crippen molar-refractivity contribution in [2.45, 2.75) is 33.2 Å². The Morgan fingerprint density at radius 2 is 1.82 bits per heavy atom. The highest BCUT2D eigenvalue weighted by Gasteiger charge is 2.47. The quantitative estimate of drug-likeness (QED) is 0.165. The Hall–Kier alpha value is -4.52. The van der Waals surface area contributed by atoms with E-state index in [2.05, 4.69) is 4.98 Å². The number of benzene rings is 3. The van der Waals surface area contributed by atoms with Crippen molar-refractivity contribution in [2.75, 3.05) is 18.1 Å². The molecule has 194 valence electrons. The van der Waals surface area contributed by atoms with Gasteiger partial charge in [0.05, 0.1) is 24.8 Å². The summed E-state index contributed by atoms with van der Waals surface area (Å²) in [5.41, 5.74) is 3.38. The molecule has 1 aliphatic heterocycles. The molecule has 1 aliphatic rings. The SMILES string of the molecule is CCCOc1ccc(/C(O)=C2\C(=O)C(=O)N(c3cccc(OCC)c3)C2c2c[nH]c3ccccc23)cc1C. The molecule has 2 N–H and O–H groups in total. The van der Waals surface area contributed by atoms with Crippen LogP contribution in [0, 0.1) is 6.92 Å². The summed E-state index contributed by atoms with van der Waals surface area (Å²) in [7, 11) is 0. The number of ether oxygens (including phenoxy) is 2. The van der Waals surface area contributed by atoms with Crippen LogP contribution in [0.5, 0.6) is 11.5 Å². The molecule has 0 bridgehead atoms. The number of para-hydroxylation sites is 1. The topological polar surface area (TPSA) is 91.9 Å². The molecule has 3 aromatic carbocycles. The largest absolute Gasteiger partial charge is 0.507 e. The highest BCUT2D eigenvalue weighted by molar-refractivity contribution is 6.52. The fraction of sp³-hybridized carbons (Fsp3) is 0.226. The van der Waals surface area contributed by atoms with E-state index >= 15 is 0 Å². The minimum Gasteiger partial charge on any atom is -0.507 e. The first-order chi connectivity index (χ1) is 18.4. The Kier molecular flexibility index (Phi) is 6.92. The van der Waals surface area contributed by atoms with Crippen LogP contribution in [0.1, 0.15) is 43.0 Å². The zero-order valence-corrected chi connectivity index (χ0v) is 21.7. The number of rotatable bonds is 8. The molecule has 0 radical (unpaired) electrons. The van der Waals surface area contributed by atoms with Crippen LogP contribution in [0.2, 0.25) is 0 Å². The number of fused-ring (bicyclic) bond motifs is 1. The molecule has 1 fully saturated rings. The standard InChI is InChI=1S/C31H30N2O5/c1-4-15-38-26-14-13-20(16-19(26)3)29(34)27-28(24-18-32-25-12-7-6-11-23(24)25)33(31(36)30(27)35)21-9-8-10-22(17-21)37-5-2/h6-14,16-18,28,32,34H,4-5,15H2,1-3H3/b29-27+. The summed E-state index contributed by atoms with van der Waals surface area (Å²) in [4.78, 5) is 31.8. The molecule has 7 nitrogen and oxygen atoms in total. The molecular formula is C31H30N2O5. The lowest BCUT2D eigenvalue weighted by Gasteiger charge is -2.25. The summed E-state index contributed by atoms with van der Waals surface area (Å²) in [6, 6.07) is 19.2. The molecule has 1 atom stereocenters. The Labute approximate surface area is 221 Å². The lowest BCUT2D eigenvalue weighted by atomic mass is 9.94. The van der Waals surface area contributed by atoms with Gasteiger partial charge >= 0.3 is 0 Å². The van der Waals surface area contributed by atoms with Gasteiger partial charge in [-0.15, -0.1) is 0 Å². The molecule has 1 saturated heterocycles. The maximum Gasteiger partial charge on any atom is 0.300 e. The second-order valence-electron chi connectivity index (χ2n) is 9.22. The number of ketones is 1. The van der Waals surface area contributed by atoms with Crippen molar-refractivity contribution >= 4 is 34.0 Å². The average Bonchev–Trinajstić information content (AvgIpc) is 3.46. The normalized spacial score (nSPS) is 16.8. The first kappa shape index (κ1) is 25.1. The van der Waals surface area contributed by atoms with Crippen LogP contribution in [0.25, 0.3) is 16.7 Å². The predicted octanol–water partition coefficient (Wildman–Crippen LogP) is 6.29. The summed E-state index contributed by atoms with van der Waals surface area (Å²) >= 11 is 0. The fourth-order valence-corrected chi connectivity index (χ4v) is 4.93. The second kappa shape index (κ2) is 10.5. The number of aliphatic hydroxyl groups excluding tert-OH is 1. The van der Waals surface area contributed by atoms with Gasteiger partial charge in [-0.05, 0) is 62.2 Å². The maximum absolute atomic E-state index is 13.6. The summed E-state index contributed by atoms with van der Waals surface area (Å²) in [5, 5.41) is 12.4. The number of aromatic nitrogens is 1. The Bertz CT molecular complexity index is 1550. The first-order valence-electron chi connectivity index (χ1n) is 12.8. The number of aromatic amines is 1. The van der Waals surface area contributed by atoms with E-state index in [0.29, 0.717) is 41.5 Å². The van der Waals surface area contributed by atoms with E-state index in [4.69, 9.17) is 9.47 Å². The Balaban J connectivity index is 1.70. The molecule has 2 heterocycles. The lowest BCUT2D eigenvalue weighted by Crippen LogP contribution is -2.29. The molecule has 0 aliphatic carbocycles. The number of aryl methyl sites for hydroxylation is 1. The number of anilines is 1. The molecular weight excluding hydrogens is 480 g/mol. The van der Waals surface area contributed by atoms with E-state index in [9.17, 15) is 14.7 Å². The second-order valence-corrected chi connectivity index (χ2v) is 9.22. The maximum atomic E-state index is 13.6. The highest BCUT2D eigenvalue weighted by Crippen LogP contribution is 2.45. The van der Waals surface area contributed by atoms with Gasteiger partial charge in [0.1, 0.15) is 17.3 Å². The van der Waals surface area contributed by atoms with E-state index in [1.165, 1.54) is 4.90 Å². The van der Waals surface area contributed by atoms with Gasteiger partial charge in [-0.3, -0.25) is 14.5 Å². The molecule has 1 amide bonds. The Morgan fingerprint density at radius 3 is 2.58 bits per heavy atom. The van der Waals surface area contributed by atoms with Gasteiger partial charge in [-0.2, -0.15) is 0 Å². The number of nitrogens with one attached hydrogen (secondary N) is 1. The third kappa shape index (κ3) is 4.41. The van der Waals surface area contributed by atoms with Crippen LogP contribution in [0.15, 0.2) is 78.5 Å². The lowest BCUT2D eigenvalue weighted by molar-refractivity contribution is -0.132. The number of hydrogen-bond donors (Lipinski definition) is 2. The van der Waals surface area contributed by atoms with E-state index in [1.54, 1.807) is 48.7 Å². The van der Waals surface area contributed by atoms with Crippen LogP contribution in [0.4, 0.5) is 5.69 Å². The van der Waals surface area contributed by atoms with E-state index in [-0.39, 0.29) is 11.3 Å². The van der Waals surface area contributed by atoms with Gasteiger partial charge in [-0.25, -0.2) is 0 Å². The van der Waals surface area contributed by atoms with Crippen molar-refractivity contribution in [1.29, 1.82) is 0 Å². The third-order valence-electron chi connectivity index (χ3n) is 6.68. The van der Waals surface area contributed by atoms with Gasteiger partial charge in [0.15, 0.2) is 0 Å². The number of amides is 1. The molecule has 1 unspecified atom stereocenters. The number of hydrogen-bond acceptors (Lipinski definition) is 5. The van der Waals surface area contributed by atoms with E-state index in [0.717, 1.165) is 22.9 Å². The molecule has 5 rings (SSSR count). The highest BCUT2D eigenvalue weighted by atomic mass is 16.5. The minimum atomic E-state index is -0.848. The average molecular weight is 511 g/mol. The summed E-state index contributed by atoms with van der Waals surface area (Å²) < 4.78 is 11.4. The summed E-state index contributed by atoms with van der Waals surface area (Å²) in [6.45, 7) is 6.84. The number of H-pyrrole nitrogens is 1. The van der Waals surface area contributed by atoms with Crippen LogP contribution in [-0.4, -0.2) is 35.0 Å². The molecule has 1 aromatic heterocycles. The van der Waals surface area contributed by atoms with E-state index in [1.807, 2.05) is 45.0 Å². The van der Waals surface area contributed by atoms with Crippen LogP contribution >= 0.6 is 0 Å². The molecule has 0 spiro atoms. The number of Topliss-reactive ketones (excluding diaryl/α,β-unsaturated/α-hetero) is 1. The number of nitrogens with zero attached hydrogens (tertiary/aromatic N) is 1. The zero-order valence-electron chi connectivity index (χ0n) is 21.7. The number of aliphatic hydroxyl groups is 1. The third-order valence-corrected chi connectivity index (χ3v) is 6.68. The minimum absolute atomic E-state index is 0.0307. The van der Waals surface area contributed by atoms with Gasteiger partial charge in [0, 0.05) is 40.0 Å². The molecule has 0 saturated carbocycles. The predicted molar refractivity (Wildman–Crippen MR) is 148 cm³/mol. The van der Waals surface area contributed by atoms with Gasteiger partial charge in [-0.1, -0.05) is 31.2 Å². The summed E-state index contributed by atoms with van der Waals surface area (Å²) in [5.74, 6) is -0.390. The van der Waals surface area contributed by atoms with Crippen molar-refractivity contribution in [3.8, 4) is 11.5 Å². The van der Waals surface area contributed by atoms with Crippen molar-refractivity contribution in [3.05, 3.63) is 95.2 Å². The Morgan fingerprint density at radius 1 is 1.00 bits per heavy atom. The van der Waals surface area contributed by atoms with Crippen molar-refractivity contribution in [3.63, 3.8) is 0 Å². The van der Waals surface area contributed by atoms with Crippen LogP contribution < -0.4 is 14.4 Å². The van der Waals surface area contributed by atoms with Crippen molar-refractivity contribution in [1.82, 2.24) is 4.98 Å². The fourth-order valence-electron chi connectivity index (χ4n) is 4.93. The molecule has 4 aromatic rings. The van der Waals surface area contributed by atoms with Crippen LogP contribution in [-0.2, 0) is 9.59 Å².